The molecule has 0 aliphatic rings. The Morgan fingerprint density at radius 2 is 0.950 bits per heavy atom. The first-order chi connectivity index (χ1) is 9.37. The molecule has 0 aliphatic heterocycles. The van der Waals surface area contributed by atoms with Crippen molar-refractivity contribution in [2.45, 2.75) is 6.47 Å². The van der Waals surface area contributed by atoms with E-state index in [1.807, 2.05) is 60.7 Å². The van der Waals surface area contributed by atoms with E-state index >= 15 is 0 Å². The largest absolute Gasteiger partial charge is 0.294 e. The summed E-state index contributed by atoms with van der Waals surface area (Å²) < 4.78 is -1.94. The molecule has 0 bridgehead atoms. The van der Waals surface area contributed by atoms with E-state index in [0.29, 0.717) is 0 Å². The molecule has 0 spiro atoms. The molecule has 2 aromatic carbocycles. The van der Waals surface area contributed by atoms with Crippen molar-refractivity contribution in [3.8, 4) is 0 Å². The first-order valence-electron chi connectivity index (χ1n) is 5.78. The second-order valence-electron chi connectivity index (χ2n) is 4.21. The van der Waals surface area contributed by atoms with E-state index in [1.54, 1.807) is 0 Å². The average Bonchev–Trinajstić information content (AvgIpc) is 2.48. The van der Waals surface area contributed by atoms with Crippen LogP contribution in [0.15, 0.2) is 60.7 Å². The third-order valence-electron chi connectivity index (χ3n) is 2.84. The van der Waals surface area contributed by atoms with Gasteiger partial charge in [-0.3, -0.25) is 4.79 Å². The predicted molar refractivity (Wildman–Crippen MR) is 97.0 cm³/mol. The number of carbonyl (C=O) groups excluding carboxylic acids is 1. The third-order valence-corrected chi connectivity index (χ3v) is 6.11. The van der Waals surface area contributed by atoms with Crippen LogP contribution in [-0.2, 0) is 11.3 Å². The monoisotopic (exact) mass is 522 g/mol. The summed E-state index contributed by atoms with van der Waals surface area (Å²) in [5.74, 6) is -0.0950. The summed E-state index contributed by atoms with van der Waals surface area (Å²) in [6, 6.07) is 19.0. The second-order valence-corrected chi connectivity index (χ2v) is 11.1. The summed E-state index contributed by atoms with van der Waals surface area (Å²) in [5, 5.41) is 0. The van der Waals surface area contributed by atoms with Crippen LogP contribution in [0, 0.1) is 0 Å². The van der Waals surface area contributed by atoms with Gasteiger partial charge in [0, 0.05) is 0 Å². The molecule has 20 heavy (non-hydrogen) atoms. The summed E-state index contributed by atoms with van der Waals surface area (Å²) >= 11 is 14.0. The van der Waals surface area contributed by atoms with Crippen molar-refractivity contribution in [3.05, 3.63) is 71.8 Å². The lowest BCUT2D eigenvalue weighted by Crippen LogP contribution is -2.34. The van der Waals surface area contributed by atoms with Crippen LogP contribution in [0.1, 0.15) is 11.1 Å². The lowest BCUT2D eigenvalue weighted by Gasteiger charge is -2.28. The van der Waals surface area contributed by atoms with Crippen molar-refractivity contribution in [1.82, 2.24) is 0 Å². The lowest BCUT2D eigenvalue weighted by molar-refractivity contribution is -0.119. The van der Waals surface area contributed by atoms with Gasteiger partial charge in [0.05, 0.1) is 0 Å². The number of carbonyl (C=O) groups is 1. The Hall–Kier alpha value is 0.0300. The molecule has 104 valence electrons. The van der Waals surface area contributed by atoms with Crippen LogP contribution in [-0.4, -0.2) is 5.78 Å². The zero-order chi connectivity index (χ0) is 14.8. The fourth-order valence-corrected chi connectivity index (χ4v) is 5.07. The summed E-state index contributed by atoms with van der Waals surface area (Å²) in [7, 11) is 0. The Kier molecular flexibility index (Phi) is 5.27. The summed E-state index contributed by atoms with van der Waals surface area (Å²) in [6.45, 7) is 0. The highest BCUT2D eigenvalue weighted by molar-refractivity contribution is 9.26. The van der Waals surface area contributed by atoms with Crippen molar-refractivity contribution in [2.75, 3.05) is 0 Å². The molecule has 0 fully saturated rings. The number of benzene rings is 2. The molecule has 2 aromatic rings. The van der Waals surface area contributed by atoms with E-state index in [9.17, 15) is 4.79 Å². The highest BCUT2D eigenvalue weighted by atomic mass is 79.9. The molecular weight excluding hydrogens is 516 g/mol. The number of halogens is 4. The number of rotatable bonds is 4. The Labute approximate surface area is 151 Å². The van der Waals surface area contributed by atoms with Crippen molar-refractivity contribution in [3.63, 3.8) is 0 Å². The second kappa shape index (κ2) is 6.42. The fourth-order valence-electron chi connectivity index (χ4n) is 1.75. The molecule has 0 unspecified atom stereocenters. The standard InChI is InChI=1S/C15H10Br4O/c16-14(17,11-7-3-1-4-8-11)13(20)15(18,19)12-9-5-2-6-10-12/h1-10H. The van der Waals surface area contributed by atoms with Gasteiger partial charge in [-0.2, -0.15) is 0 Å². The van der Waals surface area contributed by atoms with E-state index in [-0.39, 0.29) is 5.78 Å². The molecule has 0 amide bonds. The summed E-state index contributed by atoms with van der Waals surface area (Å²) in [5.41, 5.74) is 1.67. The predicted octanol–water partition coefficient (Wildman–Crippen LogP) is 5.84. The Bertz CT molecular complexity index is 540. The van der Waals surface area contributed by atoms with Gasteiger partial charge in [0.15, 0.2) is 12.3 Å². The quantitative estimate of drug-likeness (QED) is 0.458. The highest BCUT2D eigenvalue weighted by Crippen LogP contribution is 2.50. The van der Waals surface area contributed by atoms with E-state index in [1.165, 1.54) is 0 Å². The molecule has 0 saturated carbocycles. The van der Waals surface area contributed by atoms with Gasteiger partial charge in [0.1, 0.15) is 0 Å². The van der Waals surface area contributed by atoms with Gasteiger partial charge in [0.2, 0.25) is 0 Å². The summed E-state index contributed by atoms with van der Waals surface area (Å²) in [4.78, 5) is 12.9. The molecule has 0 atom stereocenters. The van der Waals surface area contributed by atoms with Gasteiger partial charge in [-0.05, 0) is 11.1 Å². The lowest BCUT2D eigenvalue weighted by atomic mass is 10.0. The topological polar surface area (TPSA) is 17.1 Å². The molecular formula is C15H10Br4O. The van der Waals surface area contributed by atoms with Gasteiger partial charge >= 0.3 is 0 Å². The minimum Gasteiger partial charge on any atom is -0.294 e. The molecule has 0 N–H and O–H groups in total. The number of ketones is 1. The molecule has 0 saturated heterocycles. The van der Waals surface area contributed by atoms with Crippen LogP contribution in [0.25, 0.3) is 0 Å². The molecule has 0 aliphatic carbocycles. The fraction of sp³-hybridized carbons (Fsp3) is 0.133. The molecule has 1 nitrogen and oxygen atoms in total. The third kappa shape index (κ3) is 3.26. The Morgan fingerprint density at radius 3 is 1.25 bits per heavy atom. The number of Topliss-reactive ketones (excluding diaryl/α,β-unsaturated/α-hetero) is 1. The molecule has 2 rings (SSSR count). The zero-order valence-electron chi connectivity index (χ0n) is 10.2. The molecule has 5 heteroatoms. The zero-order valence-corrected chi connectivity index (χ0v) is 16.5. The first kappa shape index (κ1) is 16.4. The van der Waals surface area contributed by atoms with E-state index < -0.39 is 6.47 Å². The van der Waals surface area contributed by atoms with Crippen LogP contribution in [0.2, 0.25) is 0 Å². The first-order valence-corrected chi connectivity index (χ1v) is 8.95. The van der Waals surface area contributed by atoms with E-state index in [4.69, 9.17) is 0 Å². The normalized spacial score (nSPS) is 12.2. The number of alkyl halides is 4. The maximum atomic E-state index is 12.9. The summed E-state index contributed by atoms with van der Waals surface area (Å²) in [6.07, 6.45) is 0. The van der Waals surface area contributed by atoms with E-state index in [2.05, 4.69) is 63.7 Å². The van der Waals surface area contributed by atoms with Crippen LogP contribution in [0.4, 0.5) is 0 Å². The Balaban J connectivity index is 2.40. The van der Waals surface area contributed by atoms with Crippen molar-refractivity contribution in [1.29, 1.82) is 0 Å². The molecule has 0 aromatic heterocycles. The minimum atomic E-state index is -0.968. The van der Waals surface area contributed by atoms with Crippen LogP contribution < -0.4 is 0 Å². The molecule has 0 radical (unpaired) electrons. The number of hydrogen-bond acceptors (Lipinski definition) is 1. The van der Waals surface area contributed by atoms with Crippen molar-refractivity contribution >= 4 is 69.5 Å². The Morgan fingerprint density at radius 1 is 0.650 bits per heavy atom. The van der Waals surface area contributed by atoms with E-state index in [0.717, 1.165) is 11.1 Å². The molecule has 0 heterocycles. The SMILES string of the molecule is O=C(C(Br)(Br)c1ccccc1)C(Br)(Br)c1ccccc1. The van der Waals surface area contributed by atoms with Crippen molar-refractivity contribution in [2.24, 2.45) is 0 Å². The van der Waals surface area contributed by atoms with Crippen LogP contribution >= 0.6 is 63.7 Å². The van der Waals surface area contributed by atoms with Gasteiger partial charge in [-0.15, -0.1) is 0 Å². The van der Waals surface area contributed by atoms with Crippen LogP contribution in [0.3, 0.4) is 0 Å². The smallest absolute Gasteiger partial charge is 0.196 e. The van der Waals surface area contributed by atoms with Gasteiger partial charge in [-0.1, -0.05) is 124 Å². The van der Waals surface area contributed by atoms with Crippen LogP contribution in [0.5, 0.6) is 0 Å². The highest BCUT2D eigenvalue weighted by Gasteiger charge is 2.47. The maximum absolute atomic E-state index is 12.9. The minimum absolute atomic E-state index is 0.0950. The van der Waals surface area contributed by atoms with Crippen molar-refractivity contribution < 1.29 is 4.79 Å². The number of hydrogen-bond donors (Lipinski definition) is 0. The van der Waals surface area contributed by atoms with Gasteiger partial charge in [0.25, 0.3) is 0 Å². The average molecular weight is 526 g/mol. The maximum Gasteiger partial charge on any atom is 0.196 e. The van der Waals surface area contributed by atoms with Gasteiger partial charge < -0.3 is 0 Å². The van der Waals surface area contributed by atoms with Gasteiger partial charge in [-0.25, -0.2) is 0 Å².